The van der Waals surface area contributed by atoms with E-state index in [2.05, 4.69) is 4.81 Å². The van der Waals surface area contributed by atoms with Crippen LogP contribution < -0.4 is 5.73 Å². The van der Waals surface area contributed by atoms with Crippen molar-refractivity contribution in [2.75, 3.05) is 20.2 Å². The molecule has 1 heterocycles. The number of hydrogen-bond donors (Lipinski definition) is 1. The smallest absolute Gasteiger partial charge is 0.398 e. The fourth-order valence-corrected chi connectivity index (χ4v) is 1.17. The zero-order valence-corrected chi connectivity index (χ0v) is 6.42. The summed E-state index contributed by atoms with van der Waals surface area (Å²) < 4.78 is 4.88. The Labute approximate surface area is 62.8 Å². The molecule has 1 rings (SSSR count). The van der Waals surface area contributed by atoms with E-state index in [4.69, 9.17) is 10.4 Å². The van der Waals surface area contributed by atoms with Crippen LogP contribution >= 0.6 is 0 Å². The third-order valence-electron chi connectivity index (χ3n) is 1.83. The molecule has 0 aromatic heterocycles. The molecule has 1 saturated heterocycles. The molecule has 0 unspecified atom stereocenters. The van der Waals surface area contributed by atoms with Gasteiger partial charge in [0.25, 0.3) is 0 Å². The van der Waals surface area contributed by atoms with Crippen LogP contribution in [-0.2, 0) is 4.65 Å². The second-order valence-corrected chi connectivity index (χ2v) is 2.71. The van der Waals surface area contributed by atoms with E-state index in [-0.39, 0.29) is 0 Å². The molecule has 3 nitrogen and oxygen atoms in total. The molecule has 10 heavy (non-hydrogen) atoms. The summed E-state index contributed by atoms with van der Waals surface area (Å²) in [5, 5.41) is 0. The topological polar surface area (TPSA) is 38.5 Å². The summed E-state index contributed by atoms with van der Waals surface area (Å²) in [6, 6.07) is 0.404. The van der Waals surface area contributed by atoms with Crippen LogP contribution in [-0.4, -0.2) is 38.7 Å². The van der Waals surface area contributed by atoms with Crippen LogP contribution in [0.15, 0.2) is 0 Å². The van der Waals surface area contributed by atoms with Crippen molar-refractivity contribution in [2.24, 2.45) is 5.73 Å². The van der Waals surface area contributed by atoms with Gasteiger partial charge in [-0.2, -0.15) is 0 Å². The van der Waals surface area contributed by atoms with Gasteiger partial charge in [0.1, 0.15) is 0 Å². The Bertz CT molecular complexity index is 93.7. The minimum atomic E-state index is 0.404. The minimum Gasteiger partial charge on any atom is -0.427 e. The first-order valence-electron chi connectivity index (χ1n) is 3.68. The summed E-state index contributed by atoms with van der Waals surface area (Å²) in [6.45, 7) is 2.07. The first-order valence-corrected chi connectivity index (χ1v) is 3.68. The predicted octanol–water partition coefficient (Wildman–Crippen LogP) is -0.410. The van der Waals surface area contributed by atoms with Crippen molar-refractivity contribution in [3.05, 3.63) is 0 Å². The maximum Gasteiger partial charge on any atom is 0.398 e. The third kappa shape index (κ3) is 2.29. The lowest BCUT2D eigenvalue weighted by Gasteiger charge is -2.28. The highest BCUT2D eigenvalue weighted by Gasteiger charge is 2.16. The van der Waals surface area contributed by atoms with Crippen molar-refractivity contribution in [2.45, 2.75) is 18.9 Å². The van der Waals surface area contributed by atoms with Gasteiger partial charge in [-0.3, -0.25) is 0 Å². The third-order valence-corrected chi connectivity index (χ3v) is 1.83. The Morgan fingerprint density at radius 1 is 1.50 bits per heavy atom. The predicted molar refractivity (Wildman–Crippen MR) is 41.5 cm³/mol. The number of nitrogens with zero attached hydrogens (tertiary/aromatic N) is 1. The average Bonchev–Trinajstić information content (AvgIpc) is 1.95. The molecule has 0 aliphatic carbocycles. The Kier molecular flexibility index (Phi) is 3.18. The summed E-state index contributed by atoms with van der Waals surface area (Å²) in [5.41, 5.74) is 5.71. The molecule has 0 aromatic rings. The molecule has 1 aliphatic rings. The van der Waals surface area contributed by atoms with Crippen molar-refractivity contribution in [3.8, 4) is 0 Å². The molecular weight excluding hydrogens is 127 g/mol. The molecule has 1 aliphatic heterocycles. The molecule has 0 saturated carbocycles. The monoisotopic (exact) mass is 141 g/mol. The summed E-state index contributed by atoms with van der Waals surface area (Å²) >= 11 is 0. The van der Waals surface area contributed by atoms with Crippen molar-refractivity contribution >= 4 is 7.62 Å². The van der Waals surface area contributed by atoms with Crippen LogP contribution in [0.1, 0.15) is 12.8 Å². The normalized spacial score (nSPS) is 23.0. The van der Waals surface area contributed by atoms with Gasteiger partial charge in [-0.15, -0.1) is 0 Å². The largest absolute Gasteiger partial charge is 0.427 e. The van der Waals surface area contributed by atoms with E-state index in [1.807, 2.05) is 0 Å². The van der Waals surface area contributed by atoms with E-state index < -0.39 is 0 Å². The molecule has 1 radical (unpaired) electrons. The Morgan fingerprint density at radius 3 is 2.60 bits per heavy atom. The van der Waals surface area contributed by atoms with Gasteiger partial charge < -0.3 is 15.2 Å². The summed E-state index contributed by atoms with van der Waals surface area (Å²) in [4.78, 5) is 2.16. The maximum absolute atomic E-state index is 5.71. The lowest BCUT2D eigenvalue weighted by molar-refractivity contribution is 0.281. The lowest BCUT2D eigenvalue weighted by atomic mass is 10.0. The Hall–Kier alpha value is -0.0551. The second kappa shape index (κ2) is 3.96. The fraction of sp³-hybridized carbons (Fsp3) is 1.00. The quantitative estimate of drug-likeness (QED) is 0.531. The lowest BCUT2D eigenvalue weighted by Crippen LogP contribution is -2.41. The van der Waals surface area contributed by atoms with Gasteiger partial charge in [-0.25, -0.2) is 0 Å². The zero-order chi connectivity index (χ0) is 7.40. The molecule has 0 atom stereocenters. The zero-order valence-electron chi connectivity index (χ0n) is 6.42. The number of nitrogens with two attached hydrogens (primary N) is 1. The van der Waals surface area contributed by atoms with Crippen LogP contribution in [0.25, 0.3) is 0 Å². The van der Waals surface area contributed by atoms with E-state index in [9.17, 15) is 0 Å². The van der Waals surface area contributed by atoms with Gasteiger partial charge in [0, 0.05) is 13.2 Å². The molecule has 0 bridgehead atoms. The second-order valence-electron chi connectivity index (χ2n) is 2.71. The van der Waals surface area contributed by atoms with Crippen molar-refractivity contribution in [3.63, 3.8) is 0 Å². The number of piperidine rings is 1. The Morgan fingerprint density at radius 2 is 2.10 bits per heavy atom. The van der Waals surface area contributed by atoms with Crippen molar-refractivity contribution < 1.29 is 4.65 Å². The molecule has 4 heteroatoms. The molecular formula is C6H14BN2O. The fourth-order valence-electron chi connectivity index (χ4n) is 1.17. The first-order chi connectivity index (χ1) is 4.83. The number of rotatable bonds is 2. The van der Waals surface area contributed by atoms with E-state index >= 15 is 0 Å². The van der Waals surface area contributed by atoms with Crippen LogP contribution in [0.5, 0.6) is 0 Å². The van der Waals surface area contributed by atoms with Gasteiger partial charge in [0.15, 0.2) is 0 Å². The molecule has 0 amide bonds. The molecule has 57 valence electrons. The van der Waals surface area contributed by atoms with Gasteiger partial charge in [0.2, 0.25) is 0 Å². The minimum absolute atomic E-state index is 0.404. The Balaban J connectivity index is 2.13. The molecule has 0 spiro atoms. The number of hydrogen-bond acceptors (Lipinski definition) is 3. The van der Waals surface area contributed by atoms with E-state index in [1.165, 1.54) is 0 Å². The van der Waals surface area contributed by atoms with Crippen molar-refractivity contribution in [1.82, 2.24) is 4.81 Å². The summed E-state index contributed by atoms with van der Waals surface area (Å²) in [6.07, 6.45) is 2.17. The molecule has 0 aromatic carbocycles. The van der Waals surface area contributed by atoms with Crippen molar-refractivity contribution in [1.29, 1.82) is 0 Å². The SMILES string of the molecule is CO[B]N1CCC(N)CC1. The van der Waals surface area contributed by atoms with Gasteiger partial charge >= 0.3 is 7.62 Å². The van der Waals surface area contributed by atoms with Crippen LogP contribution in [0.2, 0.25) is 0 Å². The van der Waals surface area contributed by atoms with E-state index in [1.54, 1.807) is 14.7 Å². The summed E-state index contributed by atoms with van der Waals surface area (Å²) in [7, 11) is 3.44. The standard InChI is InChI=1S/C6H14BN2O/c1-10-7-9-4-2-6(8)3-5-9/h6H,2-5,8H2,1H3. The van der Waals surface area contributed by atoms with Gasteiger partial charge in [-0.1, -0.05) is 0 Å². The first kappa shape index (κ1) is 8.05. The molecule has 1 fully saturated rings. The highest BCUT2D eigenvalue weighted by molar-refractivity contribution is 6.23. The molecule has 2 N–H and O–H groups in total. The van der Waals surface area contributed by atoms with E-state index in [0.717, 1.165) is 25.9 Å². The maximum atomic E-state index is 5.71. The van der Waals surface area contributed by atoms with Crippen LogP contribution in [0.3, 0.4) is 0 Å². The van der Waals surface area contributed by atoms with Gasteiger partial charge in [0.05, 0.1) is 0 Å². The van der Waals surface area contributed by atoms with Gasteiger partial charge in [-0.05, 0) is 25.9 Å². The van der Waals surface area contributed by atoms with Crippen LogP contribution in [0.4, 0.5) is 0 Å². The van der Waals surface area contributed by atoms with Crippen LogP contribution in [0, 0.1) is 0 Å². The summed E-state index contributed by atoms with van der Waals surface area (Å²) in [5.74, 6) is 0. The average molecular weight is 141 g/mol. The highest BCUT2D eigenvalue weighted by Crippen LogP contribution is 2.05. The van der Waals surface area contributed by atoms with E-state index in [0.29, 0.717) is 6.04 Å². The highest BCUT2D eigenvalue weighted by atomic mass is 16.4.